The fourth-order valence-corrected chi connectivity index (χ4v) is 0. The Morgan fingerprint density at radius 1 is 1.40 bits per heavy atom. The van der Waals surface area contributed by atoms with E-state index in [0.29, 0.717) is 0 Å². The smallest absolute Gasteiger partial charge is 0 e. The Kier molecular flexibility index (Phi) is 12.9. The van der Waals surface area contributed by atoms with Gasteiger partial charge in [-0.2, -0.15) is 0 Å². The topological polar surface area (TPSA) is 0 Å². The number of hydrogen-bond donors (Lipinski definition) is 2. The molecule has 0 bridgehead atoms. The molecule has 0 aliphatic carbocycles. The Balaban J connectivity index is 0. The minimum Gasteiger partial charge on any atom is -0.0963 e. The molecular weight excluding hydrogens is 151 g/mol. The molecule has 0 nitrogen and oxygen atoms in total. The van der Waals surface area contributed by atoms with Gasteiger partial charge in [0.15, 0.2) is 0 Å². The van der Waals surface area contributed by atoms with E-state index in [1.807, 2.05) is 0 Å². The molecule has 0 unspecified atom stereocenters. The predicted octanol–water partition coefficient (Wildman–Crippen LogP) is 0.375. The summed E-state index contributed by atoms with van der Waals surface area (Å²) in [6, 6.07) is 0. The second kappa shape index (κ2) is 6.27. The van der Waals surface area contributed by atoms with Crippen LogP contribution < -0.4 is 0 Å². The van der Waals surface area contributed by atoms with E-state index >= 15 is 0 Å². The van der Waals surface area contributed by atoms with E-state index in [1.165, 1.54) is 0 Å². The van der Waals surface area contributed by atoms with Gasteiger partial charge in [-0.25, -0.2) is 0 Å². The zero-order valence-corrected chi connectivity index (χ0v) is 8.13. The Bertz CT molecular complexity index is 26.6. The van der Waals surface area contributed by atoms with Crippen molar-refractivity contribution < 1.29 is 0 Å². The molecule has 0 heterocycles. The summed E-state index contributed by atoms with van der Waals surface area (Å²) in [5.41, 5.74) is 0. The van der Waals surface area contributed by atoms with E-state index < -0.39 is 0 Å². The summed E-state index contributed by atoms with van der Waals surface area (Å²) in [5.74, 6) is 0. The average molecular weight is 153 g/mol. The Labute approximate surface area is 70.6 Å². The second-order valence-corrected chi connectivity index (χ2v) is 6.23. The Morgan fingerprint density at radius 2 is 1.40 bits per heavy atom. The van der Waals surface area contributed by atoms with Crippen molar-refractivity contribution in [3.05, 3.63) is 0 Å². The average Bonchev–Trinajstić information content (AvgIpc) is 0.811. The molecule has 0 spiro atoms. The van der Waals surface area contributed by atoms with Crippen LogP contribution in [0.25, 0.3) is 0 Å². The monoisotopic (exact) mass is 153 g/mol. The first-order valence-corrected chi connectivity index (χ1v) is 4.79. The molecule has 0 saturated heterocycles. The van der Waals surface area contributed by atoms with Crippen molar-refractivity contribution in [3.8, 4) is 0 Å². The van der Waals surface area contributed by atoms with E-state index in [2.05, 4.69) is 34.5 Å². The molecule has 0 aromatic carbocycles. The molecule has 5 heteroatoms. The van der Waals surface area contributed by atoms with Crippen molar-refractivity contribution in [2.24, 2.45) is 0 Å². The molecule has 27 valence electrons. The summed E-state index contributed by atoms with van der Waals surface area (Å²) in [6.07, 6.45) is 0. The summed E-state index contributed by atoms with van der Waals surface area (Å²) >= 11 is 11.7. The van der Waals surface area contributed by atoms with Crippen LogP contribution in [0.3, 0.4) is 0 Å². The largest absolute Gasteiger partial charge is 0.0963 e. The van der Waals surface area contributed by atoms with E-state index in [1.54, 1.807) is 0 Å². The summed E-state index contributed by atoms with van der Waals surface area (Å²) < 4.78 is 0. The van der Waals surface area contributed by atoms with Crippen molar-refractivity contribution in [2.45, 2.75) is 0 Å². The summed E-state index contributed by atoms with van der Waals surface area (Å²) in [5, 5.41) is 0. The molecular formula is H2NaS4. The molecule has 1 radical (unpaired) electrons. The first kappa shape index (κ1) is 10.3. The van der Waals surface area contributed by atoms with Gasteiger partial charge in [-0.15, -0.1) is 0 Å². The summed E-state index contributed by atoms with van der Waals surface area (Å²) in [4.78, 5) is 0. The van der Waals surface area contributed by atoms with Gasteiger partial charge in [-0.3, -0.25) is 0 Å². The first-order valence-electron chi connectivity index (χ1n) is 0.532. The third kappa shape index (κ3) is 22.2. The quantitative estimate of drug-likeness (QED) is 0.288. The summed E-state index contributed by atoms with van der Waals surface area (Å²) in [7, 11) is -0.389. The molecule has 0 aliphatic heterocycles. The molecule has 0 fully saturated rings. The van der Waals surface area contributed by atoms with Crippen LogP contribution >= 0.6 is 23.3 Å². The maximum atomic E-state index is 4.38. The minimum absolute atomic E-state index is 0. The zero-order valence-electron chi connectivity index (χ0n) is 2.71. The SMILES string of the molecule is S=S(S)S.[Na]. The zero-order chi connectivity index (χ0) is 3.58. The fourth-order valence-electron chi connectivity index (χ4n) is 0. The van der Waals surface area contributed by atoms with Crippen molar-refractivity contribution >= 4 is 71.6 Å². The van der Waals surface area contributed by atoms with Gasteiger partial charge in [0.05, 0.1) is 0 Å². The van der Waals surface area contributed by atoms with Crippen molar-refractivity contribution in [3.63, 3.8) is 0 Å². The van der Waals surface area contributed by atoms with Crippen LogP contribution in [-0.4, -0.2) is 29.6 Å². The molecule has 0 amide bonds. The van der Waals surface area contributed by atoms with Crippen LogP contribution in [0.2, 0.25) is 0 Å². The van der Waals surface area contributed by atoms with E-state index in [-0.39, 0.29) is 37.1 Å². The van der Waals surface area contributed by atoms with Crippen LogP contribution in [0.4, 0.5) is 0 Å². The van der Waals surface area contributed by atoms with Gasteiger partial charge in [-0.1, -0.05) is 23.3 Å². The van der Waals surface area contributed by atoms with Gasteiger partial charge in [0.2, 0.25) is 0 Å². The van der Waals surface area contributed by atoms with Crippen molar-refractivity contribution in [2.75, 3.05) is 0 Å². The van der Waals surface area contributed by atoms with Gasteiger partial charge >= 0.3 is 0 Å². The van der Waals surface area contributed by atoms with Crippen LogP contribution in [0.1, 0.15) is 0 Å². The third-order valence-electron chi connectivity index (χ3n) is 0. The maximum Gasteiger partial charge on any atom is 0 e. The van der Waals surface area contributed by atoms with Gasteiger partial charge < -0.3 is 0 Å². The maximum absolute atomic E-state index is 4.38. The normalized spacial score (nSPS) is 7.00. The third-order valence-corrected chi connectivity index (χ3v) is 0. The fraction of sp³-hybridized carbons (Fsp3) is 0. The second-order valence-electron chi connectivity index (χ2n) is 0.231. The van der Waals surface area contributed by atoms with E-state index in [9.17, 15) is 0 Å². The molecule has 0 aromatic rings. The van der Waals surface area contributed by atoms with E-state index in [0.717, 1.165) is 0 Å². The predicted molar refractivity (Wildman–Crippen MR) is 38.5 cm³/mol. The molecule has 0 N–H and O–H groups in total. The number of rotatable bonds is 0. The van der Waals surface area contributed by atoms with Crippen LogP contribution in [-0.2, 0) is 18.7 Å². The summed E-state index contributed by atoms with van der Waals surface area (Å²) in [6.45, 7) is 0. The number of hydrogen-bond acceptors (Lipinski definition) is 1. The van der Waals surface area contributed by atoms with Crippen LogP contribution in [0.15, 0.2) is 0 Å². The molecule has 5 heavy (non-hydrogen) atoms. The molecule has 0 aliphatic rings. The number of thiol groups is 2. The standard InChI is InChI=1S/Na.H2S4/c;1-4(2)3/h;(H2,1,2,3). The van der Waals surface area contributed by atoms with Crippen LogP contribution in [0.5, 0.6) is 0 Å². The molecule has 0 atom stereocenters. The Morgan fingerprint density at radius 3 is 1.40 bits per heavy atom. The molecule has 0 rings (SSSR count). The van der Waals surface area contributed by atoms with Crippen molar-refractivity contribution in [1.29, 1.82) is 0 Å². The van der Waals surface area contributed by atoms with Crippen LogP contribution in [0, 0.1) is 0 Å². The van der Waals surface area contributed by atoms with Gasteiger partial charge in [0.25, 0.3) is 0 Å². The van der Waals surface area contributed by atoms with Gasteiger partial charge in [0, 0.05) is 29.6 Å². The van der Waals surface area contributed by atoms with Crippen molar-refractivity contribution in [1.82, 2.24) is 0 Å². The first-order chi connectivity index (χ1) is 1.73. The van der Waals surface area contributed by atoms with Gasteiger partial charge in [-0.05, 0) is 18.7 Å². The van der Waals surface area contributed by atoms with E-state index in [4.69, 9.17) is 0 Å². The molecule has 0 aromatic heterocycles. The van der Waals surface area contributed by atoms with Gasteiger partial charge in [0.1, 0.15) is 0 Å². The molecule has 0 saturated carbocycles. The minimum atomic E-state index is -0.389. The Hall–Kier alpha value is 2.27.